The van der Waals surface area contributed by atoms with Crippen molar-refractivity contribution in [3.8, 4) is 22.4 Å². The van der Waals surface area contributed by atoms with Gasteiger partial charge in [0.05, 0.1) is 18.5 Å². The van der Waals surface area contributed by atoms with Crippen molar-refractivity contribution in [1.82, 2.24) is 29.1 Å². The normalized spacial score (nSPS) is 18.6. The molecule has 2 unspecified atom stereocenters. The van der Waals surface area contributed by atoms with Crippen LogP contribution in [0.15, 0.2) is 52.2 Å². The Hall–Kier alpha value is -3.72. The number of hydrogen-bond acceptors (Lipinski definition) is 6. The standard InChI is InChI=1S/C26H28N6O3/c1-4-20-11-19(8-9-34-20)32-24-21-10-16(17-12-28-31(5-2)15-17)6-7-22(21)35-25(24)23(29-26(32)33)18-13-27-30(3)14-18/h6-7,10,12-15,19-20H,4-5,8-9,11H2,1-3H3. The lowest BCUT2D eigenvalue weighted by Gasteiger charge is -2.30. The average molecular weight is 473 g/mol. The maximum absolute atomic E-state index is 13.6. The Labute approximate surface area is 201 Å². The Balaban J connectivity index is 1.63. The zero-order chi connectivity index (χ0) is 24.1. The fraction of sp³-hybridized carbons (Fsp3) is 0.385. The second-order valence-corrected chi connectivity index (χ2v) is 9.17. The molecule has 0 spiro atoms. The molecule has 4 aromatic heterocycles. The summed E-state index contributed by atoms with van der Waals surface area (Å²) in [4.78, 5) is 18.1. The van der Waals surface area contributed by atoms with Crippen LogP contribution in [-0.4, -0.2) is 41.8 Å². The molecule has 5 aromatic rings. The van der Waals surface area contributed by atoms with Gasteiger partial charge in [0.2, 0.25) is 0 Å². The molecular weight excluding hydrogens is 444 g/mol. The van der Waals surface area contributed by atoms with E-state index in [0.717, 1.165) is 59.0 Å². The van der Waals surface area contributed by atoms with Gasteiger partial charge < -0.3 is 9.15 Å². The van der Waals surface area contributed by atoms with Gasteiger partial charge in [-0.1, -0.05) is 13.0 Å². The van der Waals surface area contributed by atoms with Crippen LogP contribution < -0.4 is 5.69 Å². The van der Waals surface area contributed by atoms with Crippen molar-refractivity contribution in [2.24, 2.45) is 7.05 Å². The van der Waals surface area contributed by atoms with Gasteiger partial charge in [-0.2, -0.15) is 15.2 Å². The van der Waals surface area contributed by atoms with Crippen molar-refractivity contribution >= 4 is 22.1 Å². The molecule has 1 fully saturated rings. The summed E-state index contributed by atoms with van der Waals surface area (Å²) in [7, 11) is 1.84. The molecule has 1 saturated heterocycles. The van der Waals surface area contributed by atoms with E-state index < -0.39 is 0 Å². The number of benzene rings is 1. The zero-order valence-electron chi connectivity index (χ0n) is 20.1. The predicted molar refractivity (Wildman–Crippen MR) is 133 cm³/mol. The van der Waals surface area contributed by atoms with Crippen molar-refractivity contribution in [2.45, 2.75) is 51.8 Å². The molecule has 0 amide bonds. The molecule has 0 N–H and O–H groups in total. The first-order chi connectivity index (χ1) is 17.1. The van der Waals surface area contributed by atoms with E-state index in [1.165, 1.54) is 0 Å². The highest BCUT2D eigenvalue weighted by atomic mass is 16.5. The first-order valence-corrected chi connectivity index (χ1v) is 12.2. The molecule has 9 heteroatoms. The fourth-order valence-electron chi connectivity index (χ4n) is 5.10. The molecule has 0 saturated carbocycles. The van der Waals surface area contributed by atoms with Crippen LogP contribution in [0, 0.1) is 0 Å². The van der Waals surface area contributed by atoms with Gasteiger partial charge in [-0.3, -0.25) is 13.9 Å². The molecule has 6 rings (SSSR count). The van der Waals surface area contributed by atoms with E-state index in [1.54, 1.807) is 10.9 Å². The van der Waals surface area contributed by atoms with Gasteiger partial charge in [0.1, 0.15) is 16.8 Å². The highest BCUT2D eigenvalue weighted by Crippen LogP contribution is 2.38. The first-order valence-electron chi connectivity index (χ1n) is 12.2. The van der Waals surface area contributed by atoms with E-state index >= 15 is 0 Å². The molecule has 180 valence electrons. The van der Waals surface area contributed by atoms with Crippen LogP contribution >= 0.6 is 0 Å². The van der Waals surface area contributed by atoms with Gasteiger partial charge in [0.25, 0.3) is 0 Å². The Morgan fingerprint density at radius 2 is 1.94 bits per heavy atom. The number of fused-ring (bicyclic) bond motifs is 3. The summed E-state index contributed by atoms with van der Waals surface area (Å²) in [6, 6.07) is 6.08. The van der Waals surface area contributed by atoms with Crippen LogP contribution in [0.5, 0.6) is 0 Å². The number of ether oxygens (including phenoxy) is 1. The minimum atomic E-state index is -0.273. The van der Waals surface area contributed by atoms with Crippen molar-refractivity contribution in [2.75, 3.05) is 6.61 Å². The average Bonchev–Trinajstić information content (AvgIpc) is 3.61. The number of furan rings is 1. The van der Waals surface area contributed by atoms with Gasteiger partial charge in [-0.25, -0.2) is 4.79 Å². The summed E-state index contributed by atoms with van der Waals surface area (Å²) in [5, 5.41) is 9.60. The van der Waals surface area contributed by atoms with Gasteiger partial charge >= 0.3 is 5.69 Å². The lowest BCUT2D eigenvalue weighted by molar-refractivity contribution is -0.00709. The Morgan fingerprint density at radius 3 is 2.69 bits per heavy atom. The van der Waals surface area contributed by atoms with Crippen molar-refractivity contribution < 1.29 is 9.15 Å². The molecule has 5 heterocycles. The summed E-state index contributed by atoms with van der Waals surface area (Å²) < 4.78 is 17.7. The van der Waals surface area contributed by atoms with Crippen LogP contribution in [0.3, 0.4) is 0 Å². The van der Waals surface area contributed by atoms with Crippen LogP contribution in [0.1, 0.15) is 39.2 Å². The smallest absolute Gasteiger partial charge is 0.349 e. The summed E-state index contributed by atoms with van der Waals surface area (Å²) in [5.41, 5.74) is 5.15. The van der Waals surface area contributed by atoms with Crippen molar-refractivity contribution in [3.63, 3.8) is 0 Å². The number of hydrogen-bond donors (Lipinski definition) is 0. The minimum Gasteiger partial charge on any atom is -0.452 e. The lowest BCUT2D eigenvalue weighted by Crippen LogP contribution is -2.34. The molecule has 1 aromatic carbocycles. The maximum Gasteiger partial charge on any atom is 0.349 e. The maximum atomic E-state index is 13.6. The zero-order valence-corrected chi connectivity index (χ0v) is 20.1. The van der Waals surface area contributed by atoms with E-state index in [2.05, 4.69) is 35.1 Å². The summed E-state index contributed by atoms with van der Waals surface area (Å²) in [5.74, 6) is 0. The molecule has 0 bridgehead atoms. The largest absolute Gasteiger partial charge is 0.452 e. The third kappa shape index (κ3) is 3.67. The van der Waals surface area contributed by atoms with Gasteiger partial charge in [0, 0.05) is 55.1 Å². The molecule has 0 radical (unpaired) electrons. The van der Waals surface area contributed by atoms with E-state index in [4.69, 9.17) is 9.15 Å². The van der Waals surface area contributed by atoms with Gasteiger partial charge in [0.15, 0.2) is 5.58 Å². The van der Waals surface area contributed by atoms with Crippen molar-refractivity contribution in [3.05, 3.63) is 53.5 Å². The Morgan fingerprint density at radius 1 is 1.09 bits per heavy atom. The second kappa shape index (κ2) is 8.49. The van der Waals surface area contributed by atoms with Crippen LogP contribution in [0.25, 0.3) is 44.5 Å². The summed E-state index contributed by atoms with van der Waals surface area (Å²) >= 11 is 0. The van der Waals surface area contributed by atoms with Crippen LogP contribution in [0.2, 0.25) is 0 Å². The third-order valence-electron chi connectivity index (χ3n) is 6.96. The molecule has 1 aliphatic rings. The minimum absolute atomic E-state index is 0.00792. The van der Waals surface area contributed by atoms with Crippen LogP contribution in [-0.2, 0) is 18.3 Å². The third-order valence-corrected chi connectivity index (χ3v) is 6.96. The fourth-order valence-corrected chi connectivity index (χ4v) is 5.10. The predicted octanol–water partition coefficient (Wildman–Crippen LogP) is 4.56. The number of aryl methyl sites for hydroxylation is 2. The van der Waals surface area contributed by atoms with Gasteiger partial charge in [-0.15, -0.1) is 0 Å². The number of aromatic nitrogens is 6. The Bertz CT molecular complexity index is 1590. The van der Waals surface area contributed by atoms with Crippen molar-refractivity contribution in [1.29, 1.82) is 0 Å². The monoisotopic (exact) mass is 472 g/mol. The number of nitrogens with zero attached hydrogens (tertiary/aromatic N) is 6. The SMILES string of the molecule is CCC1CC(n2c(=O)nc(-c3cnn(C)c3)c3oc4ccc(-c5cnn(CC)c5)cc4c32)CCO1. The highest BCUT2D eigenvalue weighted by Gasteiger charge is 2.29. The first kappa shape index (κ1) is 21.8. The molecule has 0 aliphatic carbocycles. The highest BCUT2D eigenvalue weighted by molar-refractivity contribution is 6.07. The van der Waals surface area contributed by atoms with E-state index in [0.29, 0.717) is 17.9 Å². The van der Waals surface area contributed by atoms with Gasteiger partial charge in [-0.05, 0) is 43.9 Å². The van der Waals surface area contributed by atoms with E-state index in [1.807, 2.05) is 47.0 Å². The molecule has 35 heavy (non-hydrogen) atoms. The van der Waals surface area contributed by atoms with E-state index in [9.17, 15) is 4.79 Å². The van der Waals surface area contributed by atoms with Crippen LogP contribution in [0.4, 0.5) is 0 Å². The topological polar surface area (TPSA) is 92.9 Å². The molecule has 9 nitrogen and oxygen atoms in total. The van der Waals surface area contributed by atoms with E-state index in [-0.39, 0.29) is 17.8 Å². The number of rotatable bonds is 5. The summed E-state index contributed by atoms with van der Waals surface area (Å²) in [6.07, 6.45) is 10.0. The Kier molecular flexibility index (Phi) is 5.29. The molecular formula is C26H28N6O3. The lowest BCUT2D eigenvalue weighted by atomic mass is 10.0. The summed E-state index contributed by atoms with van der Waals surface area (Å²) in [6.45, 7) is 5.61. The molecule has 2 atom stereocenters. The molecule has 1 aliphatic heterocycles. The quantitative estimate of drug-likeness (QED) is 0.372. The second-order valence-electron chi connectivity index (χ2n) is 9.17.